The second kappa shape index (κ2) is 12.8. The summed E-state index contributed by atoms with van der Waals surface area (Å²) < 4.78 is 18.5. The highest BCUT2D eigenvalue weighted by atomic mass is 79.9. The quantitative estimate of drug-likeness (QED) is 0.198. The van der Waals surface area contributed by atoms with Gasteiger partial charge in [0.1, 0.15) is 12.4 Å². The first kappa shape index (κ1) is 26.1. The first-order chi connectivity index (χ1) is 16.4. The van der Waals surface area contributed by atoms with Gasteiger partial charge in [-0.2, -0.15) is 5.10 Å². The van der Waals surface area contributed by atoms with Gasteiger partial charge >= 0.3 is 0 Å². The Morgan fingerprint density at radius 2 is 1.68 bits per heavy atom. The van der Waals surface area contributed by atoms with Gasteiger partial charge in [0, 0.05) is 10.6 Å². The van der Waals surface area contributed by atoms with Gasteiger partial charge in [-0.1, -0.05) is 23.7 Å². The van der Waals surface area contributed by atoms with E-state index < -0.39 is 0 Å². The number of rotatable bonds is 10. The van der Waals surface area contributed by atoms with E-state index in [1.165, 1.54) is 0 Å². The summed E-state index contributed by atoms with van der Waals surface area (Å²) in [5, 5.41) is 4.73. The molecule has 0 aliphatic carbocycles. The molecule has 178 valence electrons. The number of halogens is 3. The third-order valence-corrected chi connectivity index (χ3v) is 5.89. The number of nitrogens with zero attached hydrogens (tertiary/aromatic N) is 1. The molecule has 6 nitrogen and oxygen atoms in total. The van der Waals surface area contributed by atoms with Crippen molar-refractivity contribution in [1.29, 1.82) is 0 Å². The highest BCUT2D eigenvalue weighted by Gasteiger charge is 2.12. The van der Waals surface area contributed by atoms with Crippen LogP contribution in [0.15, 0.2) is 68.6 Å². The van der Waals surface area contributed by atoms with E-state index >= 15 is 0 Å². The summed E-state index contributed by atoms with van der Waals surface area (Å²) in [5.74, 6) is 1.40. The fraction of sp³-hybridized carbons (Fsp3) is 0.200. The van der Waals surface area contributed by atoms with Crippen LogP contribution < -0.4 is 19.6 Å². The molecular weight excluding hydrogens is 588 g/mol. The fourth-order valence-corrected chi connectivity index (χ4v) is 4.66. The van der Waals surface area contributed by atoms with Crippen LogP contribution in [0.1, 0.15) is 35.3 Å². The normalized spacial score (nSPS) is 10.9. The molecule has 0 aliphatic heterocycles. The van der Waals surface area contributed by atoms with E-state index in [1.807, 2.05) is 50.2 Å². The number of carbonyl (C=O) groups is 1. The van der Waals surface area contributed by atoms with Crippen molar-refractivity contribution >= 4 is 55.6 Å². The Hall–Kier alpha value is -2.55. The molecule has 34 heavy (non-hydrogen) atoms. The number of carbonyl (C=O) groups excluding carboxylic acids is 1. The molecule has 1 amide bonds. The second-order valence-corrected chi connectivity index (χ2v) is 9.10. The topological polar surface area (TPSA) is 69.2 Å². The molecule has 0 saturated heterocycles. The molecule has 0 spiro atoms. The minimum Gasteiger partial charge on any atom is -0.490 e. The summed E-state index contributed by atoms with van der Waals surface area (Å²) >= 11 is 13.1. The lowest BCUT2D eigenvalue weighted by Gasteiger charge is -2.12. The highest BCUT2D eigenvalue weighted by Crippen LogP contribution is 2.35. The Balaban J connectivity index is 1.65. The number of nitrogens with one attached hydrogen (secondary N) is 1. The zero-order chi connectivity index (χ0) is 24.5. The van der Waals surface area contributed by atoms with Crippen molar-refractivity contribution in [2.24, 2.45) is 5.10 Å². The van der Waals surface area contributed by atoms with E-state index in [1.54, 1.807) is 24.4 Å². The van der Waals surface area contributed by atoms with E-state index in [4.69, 9.17) is 25.8 Å². The number of benzene rings is 3. The second-order valence-electron chi connectivity index (χ2n) is 6.96. The molecule has 0 bridgehead atoms. The Kier molecular flexibility index (Phi) is 9.80. The van der Waals surface area contributed by atoms with Gasteiger partial charge in [0.05, 0.1) is 28.4 Å². The van der Waals surface area contributed by atoms with Gasteiger partial charge in [-0.25, -0.2) is 5.43 Å². The van der Waals surface area contributed by atoms with Crippen LogP contribution in [0.5, 0.6) is 17.2 Å². The van der Waals surface area contributed by atoms with Crippen LogP contribution in [0.2, 0.25) is 5.02 Å². The summed E-state index contributed by atoms with van der Waals surface area (Å²) in [7, 11) is 0. The lowest BCUT2D eigenvalue weighted by Crippen LogP contribution is -2.17. The smallest absolute Gasteiger partial charge is 0.271 e. The Morgan fingerprint density at radius 3 is 2.35 bits per heavy atom. The van der Waals surface area contributed by atoms with Gasteiger partial charge in [-0.3, -0.25) is 4.79 Å². The van der Waals surface area contributed by atoms with Crippen LogP contribution in [0.25, 0.3) is 0 Å². The molecule has 0 radical (unpaired) electrons. The lowest BCUT2D eigenvalue weighted by molar-refractivity contribution is 0.0954. The fourth-order valence-electron chi connectivity index (χ4n) is 3.00. The molecule has 9 heteroatoms. The number of ether oxygens (including phenoxy) is 3. The van der Waals surface area contributed by atoms with Gasteiger partial charge in [-0.05, 0) is 99.3 Å². The summed E-state index contributed by atoms with van der Waals surface area (Å²) in [6.07, 6.45) is 1.55. The minimum atomic E-state index is -0.361. The maximum absolute atomic E-state index is 12.5. The van der Waals surface area contributed by atoms with E-state index in [9.17, 15) is 4.79 Å². The van der Waals surface area contributed by atoms with Crippen LogP contribution in [0.4, 0.5) is 0 Å². The van der Waals surface area contributed by atoms with Gasteiger partial charge in [-0.15, -0.1) is 0 Å². The average Bonchev–Trinajstić information content (AvgIpc) is 2.80. The van der Waals surface area contributed by atoms with Crippen molar-refractivity contribution in [3.63, 3.8) is 0 Å². The Bertz CT molecular complexity index is 1160. The number of amides is 1. The van der Waals surface area contributed by atoms with Crippen molar-refractivity contribution in [3.8, 4) is 17.2 Å². The van der Waals surface area contributed by atoms with Crippen molar-refractivity contribution in [3.05, 3.63) is 85.3 Å². The van der Waals surface area contributed by atoms with Crippen molar-refractivity contribution in [2.45, 2.75) is 20.5 Å². The highest BCUT2D eigenvalue weighted by molar-refractivity contribution is 9.11. The average molecular weight is 611 g/mol. The van der Waals surface area contributed by atoms with Crippen LogP contribution >= 0.6 is 43.5 Å². The molecule has 0 atom stereocenters. The first-order valence-electron chi connectivity index (χ1n) is 10.5. The van der Waals surface area contributed by atoms with E-state index in [-0.39, 0.29) is 5.91 Å². The molecule has 0 aliphatic rings. The Morgan fingerprint density at radius 1 is 0.971 bits per heavy atom. The van der Waals surface area contributed by atoms with Crippen LogP contribution in [-0.4, -0.2) is 25.3 Å². The van der Waals surface area contributed by atoms with E-state index in [0.717, 1.165) is 20.1 Å². The monoisotopic (exact) mass is 608 g/mol. The van der Waals surface area contributed by atoms with E-state index in [2.05, 4.69) is 42.4 Å². The van der Waals surface area contributed by atoms with Crippen LogP contribution in [0, 0.1) is 0 Å². The van der Waals surface area contributed by atoms with Gasteiger partial charge < -0.3 is 14.2 Å². The molecule has 3 rings (SSSR count). The maximum Gasteiger partial charge on any atom is 0.271 e. The number of hydrogen-bond donors (Lipinski definition) is 1. The summed E-state index contributed by atoms with van der Waals surface area (Å²) in [5.41, 5.74) is 4.67. The molecule has 0 fully saturated rings. The molecule has 0 unspecified atom stereocenters. The summed E-state index contributed by atoms with van der Waals surface area (Å²) in [6, 6.07) is 16.2. The summed E-state index contributed by atoms with van der Waals surface area (Å²) in [6.45, 7) is 5.10. The third-order valence-electron chi connectivity index (χ3n) is 4.48. The van der Waals surface area contributed by atoms with Crippen LogP contribution in [-0.2, 0) is 6.61 Å². The number of hydrazone groups is 1. The zero-order valence-corrected chi connectivity index (χ0v) is 22.5. The SMILES string of the molecule is CCOc1ccc(C(=O)N/N=C/c2cc(Br)c(OCc3cccc(Cl)c3)c(Br)c2)cc1OCC. The summed E-state index contributed by atoms with van der Waals surface area (Å²) in [4.78, 5) is 12.5. The largest absolute Gasteiger partial charge is 0.490 e. The molecule has 0 aromatic heterocycles. The number of hydrogen-bond acceptors (Lipinski definition) is 5. The van der Waals surface area contributed by atoms with Crippen molar-refractivity contribution in [1.82, 2.24) is 5.43 Å². The molecule has 0 heterocycles. The standard InChI is InChI=1S/C25H23Br2ClN2O4/c1-3-32-22-9-8-18(13-23(22)33-4-2)25(31)30-29-14-17-11-20(26)24(21(27)12-17)34-15-16-6-5-7-19(28)10-16/h5-14H,3-4,15H2,1-2H3,(H,30,31)/b29-14+. The Labute approximate surface area is 220 Å². The van der Waals surface area contributed by atoms with Crippen molar-refractivity contribution in [2.75, 3.05) is 13.2 Å². The predicted molar refractivity (Wildman–Crippen MR) is 141 cm³/mol. The van der Waals surface area contributed by atoms with E-state index in [0.29, 0.717) is 47.7 Å². The van der Waals surface area contributed by atoms with Crippen molar-refractivity contribution < 1.29 is 19.0 Å². The predicted octanol–water partition coefficient (Wildman–Crippen LogP) is 7.01. The zero-order valence-electron chi connectivity index (χ0n) is 18.6. The van der Waals surface area contributed by atoms with Gasteiger partial charge in [0.25, 0.3) is 5.91 Å². The molecule has 3 aromatic carbocycles. The molecule has 1 N–H and O–H groups in total. The van der Waals surface area contributed by atoms with Crippen LogP contribution in [0.3, 0.4) is 0 Å². The van der Waals surface area contributed by atoms with Gasteiger partial charge in [0.2, 0.25) is 0 Å². The molecule has 3 aromatic rings. The first-order valence-corrected chi connectivity index (χ1v) is 12.5. The minimum absolute atomic E-state index is 0.361. The molecular formula is C25H23Br2ClN2O4. The third kappa shape index (κ3) is 7.22. The maximum atomic E-state index is 12.5. The lowest BCUT2D eigenvalue weighted by atomic mass is 10.2. The van der Waals surface area contributed by atoms with Gasteiger partial charge in [0.15, 0.2) is 11.5 Å². The molecule has 0 saturated carbocycles.